The molecule has 6 heteroatoms. The number of carbonyl (C=O) groups excluding carboxylic acids is 1. The van der Waals surface area contributed by atoms with E-state index in [-0.39, 0.29) is 31.5 Å². The predicted molar refractivity (Wildman–Crippen MR) is 80.9 cm³/mol. The van der Waals surface area contributed by atoms with Gasteiger partial charge in [-0.2, -0.15) is 4.31 Å². The minimum Gasteiger partial charge on any atom is -0.353 e. The predicted octanol–water partition coefficient (Wildman–Crippen LogP) is 1.66. The van der Waals surface area contributed by atoms with E-state index in [2.05, 4.69) is 11.9 Å². The summed E-state index contributed by atoms with van der Waals surface area (Å²) in [6, 6.07) is 0.260. The highest BCUT2D eigenvalue weighted by atomic mass is 32.2. The van der Waals surface area contributed by atoms with Crippen LogP contribution in [0.15, 0.2) is 12.7 Å². The Bertz CT molecular complexity index is 412. The SMILES string of the molecule is C=CCN(CCC(=O)NC1CCCCCC1)S(C)(=O)=O. The monoisotopic (exact) mass is 302 g/mol. The molecule has 1 aliphatic rings. The second kappa shape index (κ2) is 8.42. The van der Waals surface area contributed by atoms with E-state index in [1.165, 1.54) is 23.2 Å². The Balaban J connectivity index is 2.39. The van der Waals surface area contributed by atoms with Crippen molar-refractivity contribution in [1.82, 2.24) is 9.62 Å². The van der Waals surface area contributed by atoms with E-state index in [1.807, 2.05) is 0 Å². The Morgan fingerprint density at radius 3 is 2.40 bits per heavy atom. The van der Waals surface area contributed by atoms with Crippen LogP contribution in [0.1, 0.15) is 44.9 Å². The maximum Gasteiger partial charge on any atom is 0.221 e. The highest BCUT2D eigenvalue weighted by molar-refractivity contribution is 7.88. The molecule has 0 aromatic carbocycles. The Morgan fingerprint density at radius 1 is 1.30 bits per heavy atom. The Morgan fingerprint density at radius 2 is 1.90 bits per heavy atom. The van der Waals surface area contributed by atoms with Crippen LogP contribution in [0.5, 0.6) is 0 Å². The summed E-state index contributed by atoms with van der Waals surface area (Å²) in [4.78, 5) is 11.9. The molecule has 116 valence electrons. The van der Waals surface area contributed by atoms with Gasteiger partial charge in [-0.15, -0.1) is 6.58 Å². The number of sulfonamides is 1. The second-order valence-corrected chi connectivity index (χ2v) is 7.40. The molecule has 0 aromatic rings. The first-order chi connectivity index (χ1) is 9.43. The molecule has 20 heavy (non-hydrogen) atoms. The van der Waals surface area contributed by atoms with Gasteiger partial charge in [-0.05, 0) is 12.8 Å². The lowest BCUT2D eigenvalue weighted by Gasteiger charge is -2.20. The zero-order valence-corrected chi connectivity index (χ0v) is 13.1. The zero-order valence-electron chi connectivity index (χ0n) is 12.3. The summed E-state index contributed by atoms with van der Waals surface area (Å²) in [5.41, 5.74) is 0. The number of nitrogens with zero attached hydrogens (tertiary/aromatic N) is 1. The van der Waals surface area contributed by atoms with Gasteiger partial charge < -0.3 is 5.32 Å². The smallest absolute Gasteiger partial charge is 0.221 e. The van der Waals surface area contributed by atoms with Gasteiger partial charge in [-0.25, -0.2) is 8.42 Å². The van der Waals surface area contributed by atoms with Crippen molar-refractivity contribution in [3.63, 3.8) is 0 Å². The van der Waals surface area contributed by atoms with Crippen LogP contribution in [0.4, 0.5) is 0 Å². The van der Waals surface area contributed by atoms with E-state index in [4.69, 9.17) is 0 Å². The van der Waals surface area contributed by atoms with Crippen LogP contribution < -0.4 is 5.32 Å². The van der Waals surface area contributed by atoms with Gasteiger partial charge in [0.1, 0.15) is 0 Å². The van der Waals surface area contributed by atoms with E-state index in [0.717, 1.165) is 31.9 Å². The minimum absolute atomic E-state index is 0.0605. The zero-order chi connectivity index (χ0) is 15.0. The summed E-state index contributed by atoms with van der Waals surface area (Å²) in [6.07, 6.45) is 9.78. The van der Waals surface area contributed by atoms with Crippen LogP contribution in [0.2, 0.25) is 0 Å². The Hall–Kier alpha value is -0.880. The molecule has 1 saturated carbocycles. The molecule has 0 atom stereocenters. The normalized spacial score (nSPS) is 17.7. The molecule has 0 aliphatic heterocycles. The lowest BCUT2D eigenvalue weighted by Crippen LogP contribution is -2.38. The fourth-order valence-corrected chi connectivity index (χ4v) is 3.29. The summed E-state index contributed by atoms with van der Waals surface area (Å²) >= 11 is 0. The summed E-state index contributed by atoms with van der Waals surface area (Å²) in [7, 11) is -3.28. The molecule has 0 aromatic heterocycles. The molecular formula is C14H26N2O3S. The van der Waals surface area contributed by atoms with Crippen molar-refractivity contribution in [3.05, 3.63) is 12.7 Å². The third kappa shape index (κ3) is 6.52. The molecule has 0 saturated heterocycles. The molecule has 1 N–H and O–H groups in total. The number of hydrogen-bond donors (Lipinski definition) is 1. The van der Waals surface area contributed by atoms with Gasteiger partial charge in [0.25, 0.3) is 0 Å². The quantitative estimate of drug-likeness (QED) is 0.574. The Kier molecular flexibility index (Phi) is 7.23. The van der Waals surface area contributed by atoms with Gasteiger partial charge in [0.05, 0.1) is 6.26 Å². The van der Waals surface area contributed by atoms with Crippen LogP contribution in [0.3, 0.4) is 0 Å². The number of amides is 1. The van der Waals surface area contributed by atoms with Crippen LogP contribution in [0.25, 0.3) is 0 Å². The van der Waals surface area contributed by atoms with Crippen LogP contribution in [-0.4, -0.2) is 44.0 Å². The summed E-state index contributed by atoms with van der Waals surface area (Å²) in [5, 5.41) is 3.02. The van der Waals surface area contributed by atoms with Crippen molar-refractivity contribution in [2.24, 2.45) is 0 Å². The van der Waals surface area contributed by atoms with E-state index >= 15 is 0 Å². The lowest BCUT2D eigenvalue weighted by atomic mass is 10.1. The van der Waals surface area contributed by atoms with Gasteiger partial charge in [0.2, 0.25) is 15.9 Å². The second-order valence-electron chi connectivity index (χ2n) is 5.42. The maximum absolute atomic E-state index is 11.9. The first-order valence-corrected chi connectivity index (χ1v) is 9.13. The van der Waals surface area contributed by atoms with Gasteiger partial charge in [-0.3, -0.25) is 4.79 Å². The van der Waals surface area contributed by atoms with E-state index in [0.29, 0.717) is 0 Å². The van der Waals surface area contributed by atoms with E-state index < -0.39 is 10.0 Å². The highest BCUT2D eigenvalue weighted by Gasteiger charge is 2.18. The van der Waals surface area contributed by atoms with Crippen molar-refractivity contribution in [2.45, 2.75) is 51.0 Å². The van der Waals surface area contributed by atoms with Crippen LogP contribution in [0, 0.1) is 0 Å². The number of carbonyl (C=O) groups is 1. The average molecular weight is 302 g/mol. The molecule has 0 unspecified atom stereocenters. The average Bonchev–Trinajstić information content (AvgIpc) is 2.61. The van der Waals surface area contributed by atoms with E-state index in [1.54, 1.807) is 0 Å². The molecule has 0 heterocycles. The number of nitrogens with one attached hydrogen (secondary N) is 1. The van der Waals surface area contributed by atoms with Gasteiger partial charge in [0.15, 0.2) is 0 Å². The first-order valence-electron chi connectivity index (χ1n) is 7.29. The van der Waals surface area contributed by atoms with Crippen molar-refractivity contribution < 1.29 is 13.2 Å². The fraction of sp³-hybridized carbons (Fsp3) is 0.786. The minimum atomic E-state index is -3.28. The number of rotatable bonds is 7. The van der Waals surface area contributed by atoms with Gasteiger partial charge in [-0.1, -0.05) is 31.8 Å². The fourth-order valence-electron chi connectivity index (χ4n) is 2.49. The summed E-state index contributed by atoms with van der Waals surface area (Å²) < 4.78 is 24.3. The molecule has 1 rings (SSSR count). The third-order valence-corrected chi connectivity index (χ3v) is 4.88. The molecule has 1 fully saturated rings. The van der Waals surface area contributed by atoms with Gasteiger partial charge in [0, 0.05) is 25.6 Å². The Labute approximate surface area is 122 Å². The third-order valence-electron chi connectivity index (χ3n) is 3.61. The molecule has 0 radical (unpaired) electrons. The standard InChI is InChI=1S/C14H26N2O3S/c1-3-11-16(20(2,18)19)12-10-14(17)15-13-8-6-4-5-7-9-13/h3,13H,1,4-12H2,2H3,(H,15,17). The van der Waals surface area contributed by atoms with E-state index in [9.17, 15) is 13.2 Å². The van der Waals surface area contributed by atoms with Crippen molar-refractivity contribution in [1.29, 1.82) is 0 Å². The van der Waals surface area contributed by atoms with Crippen molar-refractivity contribution >= 4 is 15.9 Å². The largest absolute Gasteiger partial charge is 0.353 e. The van der Waals surface area contributed by atoms with Crippen LogP contribution >= 0.6 is 0 Å². The summed E-state index contributed by atoms with van der Waals surface area (Å²) in [5.74, 6) is -0.0605. The highest BCUT2D eigenvalue weighted by Crippen LogP contribution is 2.17. The molecule has 1 aliphatic carbocycles. The lowest BCUT2D eigenvalue weighted by molar-refractivity contribution is -0.122. The van der Waals surface area contributed by atoms with Crippen molar-refractivity contribution in [3.8, 4) is 0 Å². The van der Waals surface area contributed by atoms with Gasteiger partial charge >= 0.3 is 0 Å². The number of hydrogen-bond acceptors (Lipinski definition) is 3. The molecule has 5 nitrogen and oxygen atoms in total. The molecular weight excluding hydrogens is 276 g/mol. The molecule has 0 bridgehead atoms. The first kappa shape index (κ1) is 17.2. The van der Waals surface area contributed by atoms with Crippen LogP contribution in [-0.2, 0) is 14.8 Å². The van der Waals surface area contributed by atoms with Crippen molar-refractivity contribution in [2.75, 3.05) is 19.3 Å². The molecule has 1 amide bonds. The maximum atomic E-state index is 11.9. The summed E-state index contributed by atoms with van der Waals surface area (Å²) in [6.45, 7) is 4.00. The topological polar surface area (TPSA) is 66.5 Å². The molecule has 0 spiro atoms.